The largest absolute Gasteiger partial charge is 0.313 e. The Morgan fingerprint density at radius 1 is 1.10 bits per heavy atom. The maximum atomic E-state index is 3.84. The maximum absolute atomic E-state index is 3.84. The summed E-state index contributed by atoms with van der Waals surface area (Å²) in [6, 6.07) is 0.802. The minimum atomic E-state index is 0.802. The zero-order valence-corrected chi connectivity index (χ0v) is 14.0. The summed E-state index contributed by atoms with van der Waals surface area (Å²) in [5.74, 6) is 2.81. The Morgan fingerprint density at radius 3 is 2.55 bits per heavy atom. The van der Waals surface area contributed by atoms with Crippen LogP contribution in [0.3, 0.4) is 0 Å². The normalized spacial score (nSPS) is 30.0. The lowest BCUT2D eigenvalue weighted by Gasteiger charge is -2.33. The van der Waals surface area contributed by atoms with Crippen molar-refractivity contribution >= 4 is 0 Å². The van der Waals surface area contributed by atoms with Crippen LogP contribution in [0.2, 0.25) is 0 Å². The number of nitrogens with one attached hydrogen (secondary N) is 1. The first kappa shape index (κ1) is 16.3. The van der Waals surface area contributed by atoms with Crippen LogP contribution in [0.25, 0.3) is 0 Å². The van der Waals surface area contributed by atoms with Crippen molar-refractivity contribution in [3.63, 3.8) is 0 Å². The third-order valence-electron chi connectivity index (χ3n) is 5.32. The Hall–Kier alpha value is -0.0800. The number of hydrogen-bond donors (Lipinski definition) is 1. The van der Waals surface area contributed by atoms with E-state index in [1.54, 1.807) is 0 Å². The Balaban J connectivity index is 1.59. The van der Waals surface area contributed by atoms with Crippen molar-refractivity contribution in [3.05, 3.63) is 0 Å². The molecule has 0 aromatic carbocycles. The second-order valence-corrected chi connectivity index (χ2v) is 7.84. The molecule has 1 saturated heterocycles. The summed E-state index contributed by atoms with van der Waals surface area (Å²) < 4.78 is 0. The SMILES string of the molecule is CC(C)CC1CCCC(NCCN2CCC(C)CC2)C1. The highest BCUT2D eigenvalue weighted by molar-refractivity contribution is 4.79. The van der Waals surface area contributed by atoms with Crippen LogP contribution in [0.15, 0.2) is 0 Å². The van der Waals surface area contributed by atoms with Gasteiger partial charge < -0.3 is 10.2 Å². The molecular weight excluding hydrogens is 244 g/mol. The Bertz CT molecular complexity index is 256. The molecule has 0 spiro atoms. The minimum absolute atomic E-state index is 0.802. The third kappa shape index (κ3) is 5.73. The summed E-state index contributed by atoms with van der Waals surface area (Å²) in [6.45, 7) is 12.2. The first-order valence-corrected chi connectivity index (χ1v) is 9.09. The lowest BCUT2D eigenvalue weighted by atomic mass is 9.81. The van der Waals surface area contributed by atoms with Crippen molar-refractivity contribution in [2.45, 2.75) is 71.8 Å². The van der Waals surface area contributed by atoms with E-state index in [-0.39, 0.29) is 0 Å². The van der Waals surface area contributed by atoms with Gasteiger partial charge in [-0.05, 0) is 62.9 Å². The molecule has 0 radical (unpaired) electrons. The van der Waals surface area contributed by atoms with Crippen LogP contribution in [0.1, 0.15) is 65.7 Å². The lowest BCUT2D eigenvalue weighted by molar-refractivity contribution is 0.185. The molecule has 2 rings (SSSR count). The van der Waals surface area contributed by atoms with E-state index in [1.165, 1.54) is 71.1 Å². The van der Waals surface area contributed by atoms with Crippen LogP contribution in [0, 0.1) is 17.8 Å². The van der Waals surface area contributed by atoms with Crippen molar-refractivity contribution in [1.82, 2.24) is 10.2 Å². The molecule has 1 aliphatic carbocycles. The summed E-state index contributed by atoms with van der Waals surface area (Å²) in [6.07, 6.45) is 9.99. The maximum Gasteiger partial charge on any atom is 0.0107 e. The van der Waals surface area contributed by atoms with E-state index in [0.717, 1.165) is 23.8 Å². The number of hydrogen-bond acceptors (Lipinski definition) is 2. The molecule has 2 unspecified atom stereocenters. The molecule has 20 heavy (non-hydrogen) atoms. The van der Waals surface area contributed by atoms with E-state index >= 15 is 0 Å². The average molecular weight is 280 g/mol. The molecule has 0 aromatic heterocycles. The zero-order chi connectivity index (χ0) is 14.4. The van der Waals surface area contributed by atoms with Crippen molar-refractivity contribution in [1.29, 1.82) is 0 Å². The fourth-order valence-corrected chi connectivity index (χ4v) is 4.07. The highest BCUT2D eigenvalue weighted by atomic mass is 15.1. The topological polar surface area (TPSA) is 15.3 Å². The fraction of sp³-hybridized carbons (Fsp3) is 1.00. The molecule has 2 heteroatoms. The van der Waals surface area contributed by atoms with Gasteiger partial charge in [-0.3, -0.25) is 0 Å². The smallest absolute Gasteiger partial charge is 0.0107 e. The summed E-state index contributed by atoms with van der Waals surface area (Å²) in [7, 11) is 0. The quantitative estimate of drug-likeness (QED) is 0.793. The lowest BCUT2D eigenvalue weighted by Crippen LogP contribution is -2.42. The molecule has 2 aliphatic rings. The van der Waals surface area contributed by atoms with Gasteiger partial charge in [0.2, 0.25) is 0 Å². The van der Waals surface area contributed by atoms with Gasteiger partial charge in [-0.1, -0.05) is 33.6 Å². The number of likely N-dealkylation sites (tertiary alicyclic amines) is 1. The number of rotatable bonds is 6. The van der Waals surface area contributed by atoms with Crippen LogP contribution in [0.4, 0.5) is 0 Å². The highest BCUT2D eigenvalue weighted by Gasteiger charge is 2.22. The van der Waals surface area contributed by atoms with Crippen LogP contribution in [-0.4, -0.2) is 37.1 Å². The molecule has 2 atom stereocenters. The molecule has 2 nitrogen and oxygen atoms in total. The van der Waals surface area contributed by atoms with Gasteiger partial charge in [0, 0.05) is 19.1 Å². The van der Waals surface area contributed by atoms with Gasteiger partial charge in [-0.15, -0.1) is 0 Å². The van der Waals surface area contributed by atoms with Crippen molar-refractivity contribution in [3.8, 4) is 0 Å². The molecule has 0 bridgehead atoms. The van der Waals surface area contributed by atoms with Gasteiger partial charge in [-0.25, -0.2) is 0 Å². The number of piperidine rings is 1. The average Bonchev–Trinajstić information content (AvgIpc) is 2.41. The fourth-order valence-electron chi connectivity index (χ4n) is 4.07. The van der Waals surface area contributed by atoms with Crippen LogP contribution in [-0.2, 0) is 0 Å². The van der Waals surface area contributed by atoms with Gasteiger partial charge in [0.1, 0.15) is 0 Å². The molecule has 1 N–H and O–H groups in total. The first-order chi connectivity index (χ1) is 9.63. The molecule has 1 heterocycles. The van der Waals surface area contributed by atoms with E-state index in [9.17, 15) is 0 Å². The Labute approximate surface area is 126 Å². The molecule has 2 fully saturated rings. The Morgan fingerprint density at radius 2 is 1.85 bits per heavy atom. The standard InChI is InChI=1S/C18H36N2/c1-15(2)13-17-5-4-6-18(14-17)19-9-12-20-10-7-16(3)8-11-20/h15-19H,4-14H2,1-3H3. The van der Waals surface area contributed by atoms with E-state index < -0.39 is 0 Å². The monoisotopic (exact) mass is 280 g/mol. The Kier molecular flexibility index (Phi) is 6.83. The highest BCUT2D eigenvalue weighted by Crippen LogP contribution is 2.29. The third-order valence-corrected chi connectivity index (χ3v) is 5.32. The summed E-state index contributed by atoms with van der Waals surface area (Å²) in [5, 5.41) is 3.84. The van der Waals surface area contributed by atoms with Crippen molar-refractivity contribution in [2.24, 2.45) is 17.8 Å². The predicted molar refractivity (Wildman–Crippen MR) is 88.0 cm³/mol. The molecule has 0 aromatic rings. The van der Waals surface area contributed by atoms with Crippen LogP contribution in [0.5, 0.6) is 0 Å². The van der Waals surface area contributed by atoms with Gasteiger partial charge >= 0.3 is 0 Å². The second-order valence-electron chi connectivity index (χ2n) is 7.84. The van der Waals surface area contributed by atoms with Crippen molar-refractivity contribution < 1.29 is 0 Å². The summed E-state index contributed by atoms with van der Waals surface area (Å²) in [5.41, 5.74) is 0. The molecular formula is C18H36N2. The van der Waals surface area contributed by atoms with Crippen LogP contribution >= 0.6 is 0 Å². The molecule has 1 saturated carbocycles. The van der Waals surface area contributed by atoms with Gasteiger partial charge in [0.15, 0.2) is 0 Å². The van der Waals surface area contributed by atoms with E-state index in [1.807, 2.05) is 0 Å². The van der Waals surface area contributed by atoms with E-state index in [0.29, 0.717) is 0 Å². The van der Waals surface area contributed by atoms with Crippen molar-refractivity contribution in [2.75, 3.05) is 26.2 Å². The summed E-state index contributed by atoms with van der Waals surface area (Å²) >= 11 is 0. The van der Waals surface area contributed by atoms with Gasteiger partial charge in [0.25, 0.3) is 0 Å². The second kappa shape index (κ2) is 8.38. The summed E-state index contributed by atoms with van der Waals surface area (Å²) in [4.78, 5) is 2.65. The molecule has 118 valence electrons. The predicted octanol–water partition coefficient (Wildman–Crippen LogP) is 3.91. The van der Waals surface area contributed by atoms with Gasteiger partial charge in [-0.2, -0.15) is 0 Å². The van der Waals surface area contributed by atoms with Gasteiger partial charge in [0.05, 0.1) is 0 Å². The molecule has 0 amide bonds. The molecule has 1 aliphatic heterocycles. The van der Waals surface area contributed by atoms with Crippen LogP contribution < -0.4 is 5.32 Å². The van der Waals surface area contributed by atoms with E-state index in [4.69, 9.17) is 0 Å². The number of nitrogens with zero attached hydrogens (tertiary/aromatic N) is 1. The first-order valence-electron chi connectivity index (χ1n) is 9.09. The zero-order valence-electron chi connectivity index (χ0n) is 14.0. The van der Waals surface area contributed by atoms with E-state index in [2.05, 4.69) is 31.0 Å². The minimum Gasteiger partial charge on any atom is -0.313 e.